The summed E-state index contributed by atoms with van der Waals surface area (Å²) >= 11 is 0. The number of carbonyl (C=O) groups excluding carboxylic acids is 2. The summed E-state index contributed by atoms with van der Waals surface area (Å²) in [4.78, 5) is 23.1. The van der Waals surface area contributed by atoms with Crippen LogP contribution < -0.4 is 5.43 Å². The predicted octanol–water partition coefficient (Wildman–Crippen LogP) is 5.54. The van der Waals surface area contributed by atoms with Crippen molar-refractivity contribution in [3.63, 3.8) is 0 Å². The van der Waals surface area contributed by atoms with Gasteiger partial charge in [0.15, 0.2) is 0 Å². The van der Waals surface area contributed by atoms with Gasteiger partial charge in [-0.15, -0.1) is 0 Å². The minimum absolute atomic E-state index is 0.0442. The second-order valence-electron chi connectivity index (χ2n) is 10.6. The van der Waals surface area contributed by atoms with E-state index in [1.54, 1.807) is 6.92 Å². The van der Waals surface area contributed by atoms with Gasteiger partial charge in [-0.1, -0.05) is 31.6 Å². The number of nitrogens with zero attached hydrogens (tertiary/aromatic N) is 1. The highest BCUT2D eigenvalue weighted by Crippen LogP contribution is 2.65. The Bertz CT molecular complexity index is 875. The molecule has 6 heteroatoms. The summed E-state index contributed by atoms with van der Waals surface area (Å²) in [6.45, 7) is 10.5. The summed E-state index contributed by atoms with van der Waals surface area (Å²) in [7, 11) is 0. The molecule has 4 rings (SSSR count). The topological polar surface area (TPSA) is 77.0 Å². The van der Waals surface area contributed by atoms with Crippen LogP contribution in [-0.4, -0.2) is 30.5 Å². The molecule has 0 aromatic carbocycles. The van der Waals surface area contributed by atoms with Crippen molar-refractivity contribution < 1.29 is 19.1 Å². The molecule has 1 amide bonds. The fourth-order valence-electron chi connectivity index (χ4n) is 7.44. The van der Waals surface area contributed by atoms with Crippen LogP contribution in [0.25, 0.3) is 0 Å². The molecule has 2 fully saturated rings. The summed E-state index contributed by atoms with van der Waals surface area (Å²) in [5, 5.41) is 4.35. The molecule has 0 aromatic rings. The normalized spacial score (nSPS) is 38.5. The van der Waals surface area contributed by atoms with Gasteiger partial charge in [-0.05, 0) is 86.5 Å². The first-order valence-electron chi connectivity index (χ1n) is 12.2. The van der Waals surface area contributed by atoms with Gasteiger partial charge in [0.25, 0.3) is 0 Å². The van der Waals surface area contributed by atoms with E-state index in [9.17, 15) is 9.59 Å². The van der Waals surface area contributed by atoms with Crippen LogP contribution in [0.3, 0.4) is 0 Å². The van der Waals surface area contributed by atoms with Gasteiger partial charge < -0.3 is 9.47 Å². The SMILES string of the molecule is CCOC(=O)N/N=C(/C)C1=CCC2C3CC=C4CC(OC(C)=O)CC[C@]4(C)C3CC[C@]12C. The fraction of sp³-hybridized carbons (Fsp3) is 0.731. The number of nitrogens with one attached hydrogen (secondary N) is 1. The number of fused-ring (bicyclic) bond motifs is 5. The molecule has 0 spiro atoms. The predicted molar refractivity (Wildman–Crippen MR) is 124 cm³/mol. The van der Waals surface area contributed by atoms with Crippen molar-refractivity contribution in [3.8, 4) is 0 Å². The number of hydrazone groups is 1. The van der Waals surface area contributed by atoms with Gasteiger partial charge in [0, 0.05) is 13.3 Å². The zero-order valence-corrected chi connectivity index (χ0v) is 20.2. The Morgan fingerprint density at radius 2 is 1.84 bits per heavy atom. The van der Waals surface area contributed by atoms with Crippen LogP contribution in [0, 0.1) is 28.6 Å². The van der Waals surface area contributed by atoms with Gasteiger partial charge in [0.2, 0.25) is 0 Å². The summed E-state index contributed by atoms with van der Waals surface area (Å²) < 4.78 is 10.5. The molecule has 32 heavy (non-hydrogen) atoms. The van der Waals surface area contributed by atoms with E-state index in [1.165, 1.54) is 24.5 Å². The van der Waals surface area contributed by atoms with Gasteiger partial charge in [-0.25, -0.2) is 10.2 Å². The van der Waals surface area contributed by atoms with Crippen LogP contribution in [-0.2, 0) is 14.3 Å². The molecule has 4 aliphatic carbocycles. The quantitative estimate of drug-likeness (QED) is 0.268. The van der Waals surface area contributed by atoms with E-state index >= 15 is 0 Å². The molecule has 1 N–H and O–H groups in total. The largest absolute Gasteiger partial charge is 0.462 e. The summed E-state index contributed by atoms with van der Waals surface area (Å²) in [6, 6.07) is 0. The molecule has 6 nitrogen and oxygen atoms in total. The van der Waals surface area contributed by atoms with E-state index in [0.717, 1.165) is 44.2 Å². The zero-order valence-electron chi connectivity index (χ0n) is 20.2. The number of esters is 1. The second kappa shape index (κ2) is 8.68. The third kappa shape index (κ3) is 3.90. The third-order valence-corrected chi connectivity index (χ3v) is 8.95. The number of hydrogen-bond acceptors (Lipinski definition) is 5. The van der Waals surface area contributed by atoms with Crippen LogP contribution in [0.2, 0.25) is 0 Å². The molecule has 176 valence electrons. The Balaban J connectivity index is 1.51. The Morgan fingerprint density at radius 3 is 2.56 bits per heavy atom. The molecule has 0 heterocycles. The number of ether oxygens (including phenoxy) is 2. The Labute approximate surface area is 191 Å². The second-order valence-corrected chi connectivity index (χ2v) is 10.6. The maximum absolute atomic E-state index is 11.7. The average Bonchev–Trinajstić information content (AvgIpc) is 3.09. The van der Waals surface area contributed by atoms with Crippen molar-refractivity contribution in [2.24, 2.45) is 33.7 Å². The number of rotatable bonds is 4. The van der Waals surface area contributed by atoms with Crippen LogP contribution in [0.5, 0.6) is 0 Å². The Morgan fingerprint density at radius 1 is 1.09 bits per heavy atom. The van der Waals surface area contributed by atoms with Gasteiger partial charge >= 0.3 is 12.1 Å². The maximum Gasteiger partial charge on any atom is 0.427 e. The van der Waals surface area contributed by atoms with E-state index in [1.807, 2.05) is 6.92 Å². The van der Waals surface area contributed by atoms with Crippen molar-refractivity contribution in [1.82, 2.24) is 5.43 Å². The first kappa shape index (κ1) is 23.1. The highest BCUT2D eigenvalue weighted by atomic mass is 16.6. The first-order valence-corrected chi connectivity index (χ1v) is 12.2. The van der Waals surface area contributed by atoms with Crippen molar-refractivity contribution in [1.29, 1.82) is 0 Å². The number of allylic oxidation sites excluding steroid dienone is 3. The van der Waals surface area contributed by atoms with E-state index in [2.05, 4.69) is 36.5 Å². The van der Waals surface area contributed by atoms with Crippen LogP contribution in [0.1, 0.15) is 79.6 Å². The van der Waals surface area contributed by atoms with E-state index in [0.29, 0.717) is 24.4 Å². The monoisotopic (exact) mass is 442 g/mol. The summed E-state index contributed by atoms with van der Waals surface area (Å²) in [5.74, 6) is 1.78. The molecule has 0 aromatic heterocycles. The molecule has 0 saturated heterocycles. The van der Waals surface area contributed by atoms with Crippen molar-refractivity contribution >= 4 is 17.8 Å². The molecule has 0 bridgehead atoms. The van der Waals surface area contributed by atoms with Gasteiger partial charge in [-0.2, -0.15) is 5.10 Å². The highest BCUT2D eigenvalue weighted by molar-refractivity contribution is 6.00. The molecule has 0 aliphatic heterocycles. The lowest BCUT2D eigenvalue weighted by atomic mass is 9.47. The van der Waals surface area contributed by atoms with Crippen molar-refractivity contribution in [3.05, 3.63) is 23.3 Å². The minimum Gasteiger partial charge on any atom is -0.462 e. The lowest BCUT2D eigenvalue weighted by Crippen LogP contribution is -2.50. The molecular formula is C26H38N2O4. The molecule has 4 unspecified atom stereocenters. The molecule has 4 aliphatic rings. The third-order valence-electron chi connectivity index (χ3n) is 8.95. The number of hydrogen-bond donors (Lipinski definition) is 1. The number of amides is 1. The molecule has 6 atom stereocenters. The molecule has 2 saturated carbocycles. The van der Waals surface area contributed by atoms with Crippen LogP contribution >= 0.6 is 0 Å². The minimum atomic E-state index is -0.502. The Kier molecular flexibility index (Phi) is 6.25. The smallest absolute Gasteiger partial charge is 0.427 e. The van der Waals surface area contributed by atoms with E-state index < -0.39 is 6.09 Å². The lowest BCUT2D eigenvalue weighted by molar-refractivity contribution is -0.148. The molecule has 0 radical (unpaired) electrons. The zero-order chi connectivity index (χ0) is 23.1. The summed E-state index contributed by atoms with van der Waals surface area (Å²) in [5.41, 5.74) is 6.54. The first-order chi connectivity index (χ1) is 15.2. The summed E-state index contributed by atoms with van der Waals surface area (Å²) in [6.07, 6.45) is 11.9. The molecular weight excluding hydrogens is 404 g/mol. The van der Waals surface area contributed by atoms with Gasteiger partial charge in [0.05, 0.1) is 12.3 Å². The van der Waals surface area contributed by atoms with Crippen LogP contribution in [0.15, 0.2) is 28.4 Å². The Hall–Kier alpha value is -2.11. The lowest BCUT2D eigenvalue weighted by Gasteiger charge is -2.57. The van der Waals surface area contributed by atoms with Crippen LogP contribution in [0.4, 0.5) is 4.79 Å². The standard InChI is InChI=1S/C26H38N2O4/c1-6-31-24(30)28-27-16(2)21-9-10-22-20-8-7-18-15-19(32-17(3)29)11-13-25(18,4)23(20)12-14-26(21,22)5/h7,9,19-20,22-23H,6,8,10-15H2,1-5H3,(H,28,30)/b27-16-/t19?,20?,22?,23?,25-,26+/m0/s1. The fourth-order valence-corrected chi connectivity index (χ4v) is 7.44. The average molecular weight is 443 g/mol. The van der Waals surface area contributed by atoms with E-state index in [4.69, 9.17) is 9.47 Å². The van der Waals surface area contributed by atoms with Gasteiger partial charge in [-0.3, -0.25) is 4.79 Å². The highest BCUT2D eigenvalue weighted by Gasteiger charge is 2.57. The van der Waals surface area contributed by atoms with E-state index in [-0.39, 0.29) is 22.9 Å². The van der Waals surface area contributed by atoms with Crippen molar-refractivity contribution in [2.45, 2.75) is 85.7 Å². The number of carbonyl (C=O) groups is 2. The van der Waals surface area contributed by atoms with Crippen molar-refractivity contribution in [2.75, 3.05) is 6.61 Å². The maximum atomic E-state index is 11.7. The van der Waals surface area contributed by atoms with Gasteiger partial charge in [0.1, 0.15) is 6.10 Å².